The first-order valence-electron chi connectivity index (χ1n) is 12.1. The van der Waals surface area contributed by atoms with Gasteiger partial charge in [0.25, 0.3) is 0 Å². The first-order chi connectivity index (χ1) is 17.0. The summed E-state index contributed by atoms with van der Waals surface area (Å²) in [5.41, 5.74) is 4.44. The Morgan fingerprint density at radius 1 is 1.06 bits per heavy atom. The Hall–Kier alpha value is -3.39. The number of carboxylic acids is 1. The molecule has 0 aromatic heterocycles. The second-order valence-electron chi connectivity index (χ2n) is 9.10. The van der Waals surface area contributed by atoms with E-state index in [0.29, 0.717) is 19.6 Å². The average molecular weight is 481 g/mol. The van der Waals surface area contributed by atoms with Gasteiger partial charge >= 0.3 is 12.1 Å². The number of carboxylic acid groups (broad SMARTS) is 1. The van der Waals surface area contributed by atoms with Crippen molar-refractivity contribution in [2.75, 3.05) is 26.9 Å². The number of alkyl carbamates (subject to hydrolysis) is 1. The van der Waals surface area contributed by atoms with Gasteiger partial charge in [0.2, 0.25) is 5.91 Å². The number of hydrogen-bond donors (Lipinski definition) is 2. The SMILES string of the molecule is CN(C(=O)C(CCC(=O)O)NC(=O)OCC1c2ccccc2-c2ccccc21)C1CCCOCC1. The lowest BCUT2D eigenvalue weighted by molar-refractivity contribution is -0.138. The summed E-state index contributed by atoms with van der Waals surface area (Å²) < 4.78 is 11.1. The van der Waals surface area contributed by atoms with Gasteiger partial charge in [-0.25, -0.2) is 4.79 Å². The highest BCUT2D eigenvalue weighted by atomic mass is 16.5. The van der Waals surface area contributed by atoms with Gasteiger partial charge in [0.15, 0.2) is 0 Å². The third-order valence-corrected chi connectivity index (χ3v) is 6.90. The molecular weight excluding hydrogens is 448 g/mol. The van der Waals surface area contributed by atoms with Crippen molar-refractivity contribution in [3.05, 3.63) is 59.7 Å². The van der Waals surface area contributed by atoms with E-state index in [1.807, 2.05) is 36.4 Å². The summed E-state index contributed by atoms with van der Waals surface area (Å²) in [5.74, 6) is -1.44. The van der Waals surface area contributed by atoms with Crippen LogP contribution >= 0.6 is 0 Å². The number of carbonyl (C=O) groups excluding carboxylic acids is 2. The van der Waals surface area contributed by atoms with Crippen molar-refractivity contribution in [1.29, 1.82) is 0 Å². The van der Waals surface area contributed by atoms with Gasteiger partial charge in [-0.3, -0.25) is 9.59 Å². The molecule has 1 saturated heterocycles. The van der Waals surface area contributed by atoms with Crippen molar-refractivity contribution in [1.82, 2.24) is 10.2 Å². The lowest BCUT2D eigenvalue weighted by atomic mass is 9.98. The zero-order valence-electron chi connectivity index (χ0n) is 19.9. The van der Waals surface area contributed by atoms with Gasteiger partial charge in [0, 0.05) is 38.6 Å². The Morgan fingerprint density at radius 2 is 1.71 bits per heavy atom. The number of rotatable bonds is 8. The molecule has 2 aromatic carbocycles. The van der Waals surface area contributed by atoms with Crippen molar-refractivity contribution in [2.24, 2.45) is 0 Å². The molecule has 1 aliphatic carbocycles. The highest BCUT2D eigenvalue weighted by molar-refractivity contribution is 5.86. The molecule has 0 spiro atoms. The van der Waals surface area contributed by atoms with E-state index in [9.17, 15) is 14.4 Å². The smallest absolute Gasteiger partial charge is 0.407 e. The predicted octanol–water partition coefficient (Wildman–Crippen LogP) is 3.79. The van der Waals surface area contributed by atoms with Gasteiger partial charge in [-0.15, -0.1) is 0 Å². The summed E-state index contributed by atoms with van der Waals surface area (Å²) in [6.07, 6.45) is 1.39. The number of nitrogens with zero attached hydrogens (tertiary/aromatic N) is 1. The minimum atomic E-state index is -1.03. The molecule has 0 saturated carbocycles. The van der Waals surface area contributed by atoms with Gasteiger partial charge in [-0.2, -0.15) is 0 Å². The minimum absolute atomic E-state index is 0.00801. The molecule has 2 unspecified atom stereocenters. The van der Waals surface area contributed by atoms with Crippen LogP contribution in [-0.4, -0.2) is 66.9 Å². The fourth-order valence-electron chi connectivity index (χ4n) is 5.01. The van der Waals surface area contributed by atoms with Crippen LogP contribution in [0, 0.1) is 0 Å². The fraction of sp³-hybridized carbons (Fsp3) is 0.444. The van der Waals surface area contributed by atoms with Crippen molar-refractivity contribution < 1.29 is 29.0 Å². The van der Waals surface area contributed by atoms with Gasteiger partial charge < -0.3 is 24.8 Å². The van der Waals surface area contributed by atoms with Crippen LogP contribution in [-0.2, 0) is 19.1 Å². The Kier molecular flexibility index (Phi) is 8.02. The van der Waals surface area contributed by atoms with Crippen molar-refractivity contribution in [3.8, 4) is 11.1 Å². The maximum atomic E-state index is 13.2. The molecule has 2 aliphatic rings. The quantitative estimate of drug-likeness (QED) is 0.596. The first kappa shape index (κ1) is 24.7. The van der Waals surface area contributed by atoms with E-state index in [4.69, 9.17) is 14.6 Å². The number of aliphatic carboxylic acids is 1. The number of benzene rings is 2. The molecule has 0 radical (unpaired) electrons. The van der Waals surface area contributed by atoms with E-state index < -0.39 is 18.1 Å². The largest absolute Gasteiger partial charge is 0.481 e. The standard InChI is InChI=1S/C27H32N2O6/c1-29(18-7-6-15-34-16-14-18)26(32)24(12-13-25(30)31)28-27(33)35-17-23-21-10-4-2-8-19(21)20-9-3-5-11-22(20)23/h2-5,8-11,18,23-24H,6-7,12-17H2,1H3,(H,28,33)(H,30,31). The third kappa shape index (κ3) is 5.82. The number of likely N-dealkylation sites (N-methyl/N-ethyl adjacent to an activating group) is 1. The highest BCUT2D eigenvalue weighted by Crippen LogP contribution is 2.44. The molecule has 2 atom stereocenters. The van der Waals surface area contributed by atoms with E-state index >= 15 is 0 Å². The molecule has 4 rings (SSSR count). The molecule has 2 N–H and O–H groups in total. The van der Waals surface area contributed by atoms with Gasteiger partial charge in [-0.05, 0) is 47.9 Å². The Morgan fingerprint density at radius 3 is 2.37 bits per heavy atom. The Labute approximate surface area is 205 Å². The lowest BCUT2D eigenvalue weighted by Crippen LogP contribution is -2.50. The van der Waals surface area contributed by atoms with E-state index in [2.05, 4.69) is 17.4 Å². The summed E-state index contributed by atoms with van der Waals surface area (Å²) in [6.45, 7) is 1.36. The average Bonchev–Trinajstić information content (AvgIpc) is 3.00. The van der Waals surface area contributed by atoms with Crippen LogP contribution in [0.4, 0.5) is 4.79 Å². The molecule has 2 amide bonds. The summed E-state index contributed by atoms with van der Waals surface area (Å²) in [6, 6.07) is 15.1. The molecule has 8 heteroatoms. The topological polar surface area (TPSA) is 105 Å². The summed E-state index contributed by atoms with van der Waals surface area (Å²) in [5, 5.41) is 11.8. The van der Waals surface area contributed by atoms with Crippen LogP contribution in [0.1, 0.15) is 49.1 Å². The van der Waals surface area contributed by atoms with E-state index in [1.165, 1.54) is 0 Å². The van der Waals surface area contributed by atoms with Crippen LogP contribution in [0.25, 0.3) is 11.1 Å². The summed E-state index contributed by atoms with van der Waals surface area (Å²) >= 11 is 0. The molecular formula is C27H32N2O6. The maximum Gasteiger partial charge on any atom is 0.407 e. The number of nitrogens with one attached hydrogen (secondary N) is 1. The normalized spacial score (nSPS) is 18.0. The van der Waals surface area contributed by atoms with Gasteiger partial charge in [0.1, 0.15) is 12.6 Å². The molecule has 1 fully saturated rings. The van der Waals surface area contributed by atoms with E-state index in [0.717, 1.165) is 35.1 Å². The fourth-order valence-corrected chi connectivity index (χ4v) is 5.01. The Bertz CT molecular complexity index is 1020. The van der Waals surface area contributed by atoms with Gasteiger partial charge in [0.05, 0.1) is 0 Å². The molecule has 1 aliphatic heterocycles. The van der Waals surface area contributed by atoms with Crippen LogP contribution in [0.2, 0.25) is 0 Å². The maximum absolute atomic E-state index is 13.2. The molecule has 0 bridgehead atoms. The number of hydrogen-bond acceptors (Lipinski definition) is 5. The number of amides is 2. The van der Waals surface area contributed by atoms with E-state index in [1.54, 1.807) is 11.9 Å². The number of ether oxygens (including phenoxy) is 2. The van der Waals surface area contributed by atoms with Crippen molar-refractivity contribution in [2.45, 2.75) is 50.1 Å². The molecule has 8 nitrogen and oxygen atoms in total. The van der Waals surface area contributed by atoms with E-state index in [-0.39, 0.29) is 37.3 Å². The molecule has 2 aromatic rings. The summed E-state index contributed by atoms with van der Waals surface area (Å²) in [7, 11) is 1.70. The monoisotopic (exact) mass is 480 g/mol. The van der Waals surface area contributed by atoms with Crippen molar-refractivity contribution in [3.63, 3.8) is 0 Å². The Balaban J connectivity index is 1.42. The second kappa shape index (κ2) is 11.4. The zero-order valence-corrected chi connectivity index (χ0v) is 19.9. The second-order valence-corrected chi connectivity index (χ2v) is 9.10. The molecule has 35 heavy (non-hydrogen) atoms. The first-order valence-corrected chi connectivity index (χ1v) is 12.1. The number of fused-ring (bicyclic) bond motifs is 3. The highest BCUT2D eigenvalue weighted by Gasteiger charge is 2.32. The molecule has 1 heterocycles. The molecule has 186 valence electrons. The van der Waals surface area contributed by atoms with Crippen molar-refractivity contribution >= 4 is 18.0 Å². The van der Waals surface area contributed by atoms with Crippen LogP contribution in [0.3, 0.4) is 0 Å². The van der Waals surface area contributed by atoms with Crippen LogP contribution in [0.15, 0.2) is 48.5 Å². The van der Waals surface area contributed by atoms with Crippen LogP contribution < -0.4 is 5.32 Å². The van der Waals surface area contributed by atoms with Crippen LogP contribution in [0.5, 0.6) is 0 Å². The summed E-state index contributed by atoms with van der Waals surface area (Å²) in [4.78, 5) is 38.8. The predicted molar refractivity (Wildman–Crippen MR) is 130 cm³/mol. The number of carbonyl (C=O) groups is 3. The zero-order chi connectivity index (χ0) is 24.8. The third-order valence-electron chi connectivity index (χ3n) is 6.90. The lowest BCUT2D eigenvalue weighted by Gasteiger charge is -2.30. The minimum Gasteiger partial charge on any atom is -0.481 e. The van der Waals surface area contributed by atoms with Gasteiger partial charge in [-0.1, -0.05) is 48.5 Å².